The number of aromatic nitrogens is 1. The van der Waals surface area contributed by atoms with Crippen LogP contribution in [0.25, 0.3) is 0 Å². The number of hydrogen-bond donors (Lipinski definition) is 4. The summed E-state index contributed by atoms with van der Waals surface area (Å²) in [4.78, 5) is 13.8. The Balaban J connectivity index is 1.74. The fourth-order valence-corrected chi connectivity index (χ4v) is 3.56. The number of rotatable bonds is 7. The molecule has 33 heavy (non-hydrogen) atoms. The number of H-pyrrole nitrogens is 1. The predicted molar refractivity (Wildman–Crippen MR) is 121 cm³/mol. The zero-order chi connectivity index (χ0) is 24.6. The minimum Gasteiger partial charge on any atom is -0.482 e. The Bertz CT molecular complexity index is 1370. The van der Waals surface area contributed by atoms with Gasteiger partial charge in [-0.2, -0.15) is 13.5 Å². The maximum Gasteiger partial charge on any atom is 0.341 e. The quantitative estimate of drug-likeness (QED) is 0.381. The molecule has 1 aliphatic rings. The van der Waals surface area contributed by atoms with Crippen molar-refractivity contribution in [3.05, 3.63) is 71.4 Å². The van der Waals surface area contributed by atoms with Gasteiger partial charge in [-0.1, -0.05) is 12.1 Å². The number of carboxylic acid groups (broad SMARTS) is 1. The maximum absolute atomic E-state index is 11.4. The van der Waals surface area contributed by atoms with Crippen molar-refractivity contribution in [2.45, 2.75) is 18.7 Å². The van der Waals surface area contributed by atoms with E-state index in [2.05, 4.69) is 15.5 Å². The largest absolute Gasteiger partial charge is 0.482 e. The molecule has 0 aliphatic carbocycles. The summed E-state index contributed by atoms with van der Waals surface area (Å²) in [7, 11) is -4.35. The second-order valence-electron chi connectivity index (χ2n) is 7.20. The maximum atomic E-state index is 11.4. The molecule has 2 heterocycles. The first-order valence-electron chi connectivity index (χ1n) is 10.2. The first-order valence-corrected chi connectivity index (χ1v) is 11.1. The van der Waals surface area contributed by atoms with Crippen LogP contribution in [0.3, 0.4) is 0 Å². The Kier molecular flexibility index (Phi) is 5.36. The molecule has 4 rings (SSSR count). The zero-order valence-corrected chi connectivity index (χ0v) is 18.4. The summed E-state index contributed by atoms with van der Waals surface area (Å²) in [6.45, 7) is 3.25. The third-order valence-corrected chi connectivity index (χ3v) is 5.69. The molecular formula is C21H21N5O6S. The van der Waals surface area contributed by atoms with Crippen LogP contribution >= 0.6 is 0 Å². The summed E-state index contributed by atoms with van der Waals surface area (Å²) in [5.74, 6) is -0.210. The molecule has 0 amide bonds. The molecule has 0 radical (unpaired) electrons. The number of nitrogens with zero attached hydrogens (tertiary/aromatic N) is 3. The van der Waals surface area contributed by atoms with Crippen LogP contribution in [0.1, 0.15) is 18.2 Å². The summed E-state index contributed by atoms with van der Waals surface area (Å²) < 4.78 is 45.7. The van der Waals surface area contributed by atoms with Crippen LogP contribution < -0.4 is 20.4 Å². The number of aliphatic carboxylic acids is 1. The number of ether oxygens (including phenoxy) is 1. The molecule has 0 atom stereocenters. The Morgan fingerprint density at radius 2 is 1.94 bits per heavy atom. The van der Waals surface area contributed by atoms with Crippen LogP contribution in [0.2, 0.25) is 0 Å². The van der Waals surface area contributed by atoms with Crippen molar-refractivity contribution in [2.24, 2.45) is 5.10 Å². The summed E-state index contributed by atoms with van der Waals surface area (Å²) in [5, 5.41) is 16.5. The lowest BCUT2D eigenvalue weighted by atomic mass is 10.2. The van der Waals surface area contributed by atoms with Gasteiger partial charge in [-0.15, -0.1) is 10.2 Å². The topological polar surface area (TPSA) is 148 Å². The third kappa shape index (κ3) is 4.76. The normalized spacial score (nSPS) is 14.0. The van der Waals surface area contributed by atoms with Gasteiger partial charge in [0, 0.05) is 11.3 Å². The van der Waals surface area contributed by atoms with Crippen LogP contribution in [0, 0.1) is 13.8 Å². The SMILES string of the molecule is [2H]c1c(OCC(=O)O)cccc1C1=NN(c2cc(C)c(C)[nH]2)N(c2ccc(S(=O)(=O)O)cc2)N1. The van der Waals surface area contributed by atoms with E-state index >= 15 is 0 Å². The van der Waals surface area contributed by atoms with Crippen LogP contribution in [-0.4, -0.2) is 41.5 Å². The average molecular weight is 473 g/mol. The first kappa shape index (κ1) is 20.8. The van der Waals surface area contributed by atoms with Gasteiger partial charge in [-0.25, -0.2) is 4.79 Å². The van der Waals surface area contributed by atoms with Crippen molar-refractivity contribution in [1.29, 1.82) is 0 Å². The van der Waals surface area contributed by atoms with Crippen molar-refractivity contribution in [3.63, 3.8) is 0 Å². The molecule has 0 saturated carbocycles. The molecule has 0 saturated heterocycles. The Morgan fingerprint density at radius 1 is 1.21 bits per heavy atom. The molecule has 1 aliphatic heterocycles. The lowest BCUT2D eigenvalue weighted by Crippen LogP contribution is -2.44. The molecule has 0 fully saturated rings. The van der Waals surface area contributed by atoms with Crippen LogP contribution in [0.5, 0.6) is 5.75 Å². The molecule has 12 heteroatoms. The van der Waals surface area contributed by atoms with E-state index in [1.165, 1.54) is 40.6 Å². The summed E-state index contributed by atoms with van der Waals surface area (Å²) >= 11 is 0. The molecule has 11 nitrogen and oxygen atoms in total. The molecule has 172 valence electrons. The summed E-state index contributed by atoms with van der Waals surface area (Å²) in [6.07, 6.45) is 0. The second kappa shape index (κ2) is 8.48. The minimum atomic E-state index is -4.35. The average Bonchev–Trinajstić information content (AvgIpc) is 3.36. The van der Waals surface area contributed by atoms with Gasteiger partial charge in [0.1, 0.15) is 5.75 Å². The highest BCUT2D eigenvalue weighted by molar-refractivity contribution is 7.85. The Morgan fingerprint density at radius 3 is 2.55 bits per heavy atom. The van der Waals surface area contributed by atoms with E-state index in [1.54, 1.807) is 12.1 Å². The minimum absolute atomic E-state index is 0.0580. The number of benzene rings is 2. The van der Waals surface area contributed by atoms with Gasteiger partial charge in [0.2, 0.25) is 0 Å². The fraction of sp³-hybridized carbons (Fsp3) is 0.143. The van der Waals surface area contributed by atoms with Gasteiger partial charge < -0.3 is 14.8 Å². The number of hydrazine groups is 2. The van der Waals surface area contributed by atoms with Gasteiger partial charge in [0.15, 0.2) is 18.3 Å². The van der Waals surface area contributed by atoms with Crippen molar-refractivity contribution >= 4 is 33.4 Å². The van der Waals surface area contributed by atoms with Crippen molar-refractivity contribution < 1.29 is 29.0 Å². The molecule has 4 N–H and O–H groups in total. The smallest absolute Gasteiger partial charge is 0.341 e. The van der Waals surface area contributed by atoms with Gasteiger partial charge in [-0.05, 0) is 61.9 Å². The molecule has 0 spiro atoms. The molecule has 0 bridgehead atoms. The zero-order valence-electron chi connectivity index (χ0n) is 18.6. The molecule has 0 unspecified atom stereocenters. The molecule has 1 aromatic heterocycles. The highest BCUT2D eigenvalue weighted by Gasteiger charge is 2.28. The van der Waals surface area contributed by atoms with Crippen molar-refractivity contribution in [1.82, 2.24) is 10.4 Å². The molecule has 3 aromatic rings. The van der Waals surface area contributed by atoms with Gasteiger partial charge in [0.25, 0.3) is 10.1 Å². The number of carbonyl (C=O) groups is 1. The van der Waals surface area contributed by atoms with Crippen molar-refractivity contribution in [2.75, 3.05) is 16.8 Å². The van der Waals surface area contributed by atoms with Gasteiger partial charge >= 0.3 is 5.97 Å². The predicted octanol–water partition coefficient (Wildman–Crippen LogP) is 2.45. The van der Waals surface area contributed by atoms with Crippen LogP contribution in [-0.2, 0) is 14.9 Å². The lowest BCUT2D eigenvalue weighted by Gasteiger charge is -2.27. The highest BCUT2D eigenvalue weighted by Crippen LogP contribution is 2.28. The monoisotopic (exact) mass is 472 g/mol. The highest BCUT2D eigenvalue weighted by atomic mass is 32.2. The number of anilines is 2. The van der Waals surface area contributed by atoms with E-state index in [9.17, 15) is 17.8 Å². The second-order valence-corrected chi connectivity index (χ2v) is 8.63. The number of hydrazone groups is 1. The van der Waals surface area contributed by atoms with E-state index in [0.29, 0.717) is 17.1 Å². The van der Waals surface area contributed by atoms with E-state index in [1.807, 2.05) is 19.9 Å². The lowest BCUT2D eigenvalue weighted by molar-refractivity contribution is -0.139. The van der Waals surface area contributed by atoms with E-state index in [0.717, 1.165) is 11.3 Å². The van der Waals surface area contributed by atoms with Gasteiger partial charge in [-0.3, -0.25) is 9.98 Å². The van der Waals surface area contributed by atoms with E-state index in [4.69, 9.17) is 11.2 Å². The standard InChI is InChI=1S/C21H21N5O6S/c1-13-10-19(22-14(13)2)26-24-21(15-4-3-5-17(11-15)32-12-20(27)28)23-25(26)16-6-8-18(9-7-16)33(29,30)31/h3-11,22H,12H2,1-2H3,(H,23,24)(H,27,28)(H,29,30,31)/i11D. The third-order valence-electron chi connectivity index (χ3n) is 4.83. The first-order chi connectivity index (χ1) is 16.0. The number of hydrogen-bond acceptors (Lipinski definition) is 8. The summed E-state index contributed by atoms with van der Waals surface area (Å²) in [5.41, 5.74) is 5.83. The van der Waals surface area contributed by atoms with Crippen molar-refractivity contribution in [3.8, 4) is 5.75 Å². The number of aryl methyl sites for hydroxylation is 2. The fourth-order valence-electron chi connectivity index (χ4n) is 3.08. The molecule has 2 aromatic carbocycles. The Labute approximate surface area is 191 Å². The van der Waals surface area contributed by atoms with Gasteiger partial charge in [0.05, 0.1) is 12.0 Å². The van der Waals surface area contributed by atoms with E-state index in [-0.39, 0.29) is 22.5 Å². The Hall–Kier alpha value is -4.03. The number of aromatic amines is 1. The number of nitrogens with one attached hydrogen (secondary N) is 2. The van der Waals surface area contributed by atoms with Crippen LogP contribution in [0.4, 0.5) is 11.5 Å². The number of amidine groups is 1. The van der Waals surface area contributed by atoms with Crippen LogP contribution in [0.15, 0.2) is 64.6 Å². The number of carboxylic acids is 1. The van der Waals surface area contributed by atoms with E-state index < -0.39 is 22.7 Å². The summed E-state index contributed by atoms with van der Waals surface area (Å²) in [6, 6.07) is 12.0. The molecular weight excluding hydrogens is 450 g/mol.